The molecule has 0 heterocycles. The van der Waals surface area contributed by atoms with E-state index in [1.54, 1.807) is 6.07 Å². The van der Waals surface area contributed by atoms with E-state index in [9.17, 15) is 4.39 Å². The summed E-state index contributed by atoms with van der Waals surface area (Å²) in [5.74, 6) is -0.234. The minimum atomic E-state index is -0.234. The third-order valence-corrected chi connectivity index (χ3v) is 3.19. The van der Waals surface area contributed by atoms with Crippen molar-refractivity contribution in [3.8, 4) is 0 Å². The van der Waals surface area contributed by atoms with Crippen LogP contribution in [0.5, 0.6) is 0 Å². The summed E-state index contributed by atoms with van der Waals surface area (Å²) in [7, 11) is 1.86. The van der Waals surface area contributed by atoms with Crippen LogP contribution in [0.1, 0.15) is 5.56 Å². The lowest BCUT2D eigenvalue weighted by atomic mass is 10.2. The largest absolute Gasteiger partial charge is 0.342 e. The van der Waals surface area contributed by atoms with Crippen molar-refractivity contribution in [3.05, 3.63) is 58.3 Å². The van der Waals surface area contributed by atoms with Gasteiger partial charge in [-0.25, -0.2) is 4.39 Å². The summed E-state index contributed by atoms with van der Waals surface area (Å²) in [6.07, 6.45) is 0. The van der Waals surface area contributed by atoms with Crippen LogP contribution in [0.2, 0.25) is 0 Å². The van der Waals surface area contributed by atoms with Crippen LogP contribution in [0.3, 0.4) is 0 Å². The zero-order valence-electron chi connectivity index (χ0n) is 9.74. The van der Waals surface area contributed by atoms with Crippen LogP contribution in [-0.2, 0) is 0 Å². The number of hydrogen-bond acceptors (Lipinski definition) is 1. The first-order valence-corrected chi connectivity index (χ1v) is 6.12. The van der Waals surface area contributed by atoms with Gasteiger partial charge in [-0.1, -0.05) is 33.6 Å². The standard InChI is InChI=1S/C14H13BrFN/c1-10-3-6-12(7-4-10)17(2)14-8-5-11(15)9-13(14)16/h3-9H,1-2H3. The highest BCUT2D eigenvalue weighted by Gasteiger charge is 2.09. The second-order valence-electron chi connectivity index (χ2n) is 3.99. The molecule has 88 valence electrons. The fraction of sp³-hybridized carbons (Fsp3) is 0.143. The number of aryl methyl sites for hydroxylation is 1. The Morgan fingerprint density at radius 3 is 2.29 bits per heavy atom. The van der Waals surface area contributed by atoms with Crippen molar-refractivity contribution in [2.24, 2.45) is 0 Å². The number of halogens is 2. The van der Waals surface area contributed by atoms with Crippen LogP contribution in [0.25, 0.3) is 0 Å². The van der Waals surface area contributed by atoms with E-state index in [1.807, 2.05) is 49.2 Å². The second kappa shape index (κ2) is 4.88. The predicted octanol–water partition coefficient (Wildman–Crippen LogP) is 4.66. The predicted molar refractivity (Wildman–Crippen MR) is 73.3 cm³/mol. The van der Waals surface area contributed by atoms with Gasteiger partial charge in [-0.2, -0.15) is 0 Å². The molecule has 0 N–H and O–H groups in total. The van der Waals surface area contributed by atoms with E-state index in [2.05, 4.69) is 15.9 Å². The summed E-state index contributed by atoms with van der Waals surface area (Å²) in [5, 5.41) is 0. The lowest BCUT2D eigenvalue weighted by molar-refractivity contribution is 0.627. The molecule has 17 heavy (non-hydrogen) atoms. The Morgan fingerprint density at radius 2 is 1.71 bits per heavy atom. The van der Waals surface area contributed by atoms with Crippen molar-refractivity contribution in [1.82, 2.24) is 0 Å². The first kappa shape index (κ1) is 12.1. The maximum absolute atomic E-state index is 13.8. The van der Waals surface area contributed by atoms with Gasteiger partial charge in [-0.15, -0.1) is 0 Å². The smallest absolute Gasteiger partial charge is 0.147 e. The highest BCUT2D eigenvalue weighted by atomic mass is 79.9. The molecule has 0 aliphatic carbocycles. The third kappa shape index (κ3) is 2.67. The van der Waals surface area contributed by atoms with Gasteiger partial charge in [-0.05, 0) is 37.3 Å². The van der Waals surface area contributed by atoms with Crippen molar-refractivity contribution < 1.29 is 4.39 Å². The van der Waals surface area contributed by atoms with E-state index in [0.29, 0.717) is 5.69 Å². The van der Waals surface area contributed by atoms with Gasteiger partial charge in [0.15, 0.2) is 0 Å². The molecular weight excluding hydrogens is 281 g/mol. The first-order chi connectivity index (χ1) is 8.08. The first-order valence-electron chi connectivity index (χ1n) is 5.33. The number of nitrogens with zero attached hydrogens (tertiary/aromatic N) is 1. The number of rotatable bonds is 2. The van der Waals surface area contributed by atoms with Crippen LogP contribution in [0.15, 0.2) is 46.9 Å². The minimum absolute atomic E-state index is 0.234. The molecule has 1 nitrogen and oxygen atoms in total. The lowest BCUT2D eigenvalue weighted by Crippen LogP contribution is -2.11. The van der Waals surface area contributed by atoms with Crippen LogP contribution >= 0.6 is 15.9 Å². The maximum atomic E-state index is 13.8. The molecule has 3 heteroatoms. The van der Waals surface area contributed by atoms with E-state index in [4.69, 9.17) is 0 Å². The van der Waals surface area contributed by atoms with Crippen LogP contribution < -0.4 is 4.90 Å². The van der Waals surface area contributed by atoms with Crippen molar-refractivity contribution in [3.63, 3.8) is 0 Å². The molecule has 0 saturated carbocycles. The Bertz CT molecular complexity index is 522. The molecule has 0 aliphatic heterocycles. The van der Waals surface area contributed by atoms with Gasteiger partial charge in [0, 0.05) is 17.2 Å². The molecule has 0 spiro atoms. The molecule has 0 unspecified atom stereocenters. The molecule has 2 rings (SSSR count). The number of benzene rings is 2. The summed E-state index contributed by atoms with van der Waals surface area (Å²) in [5.41, 5.74) is 2.73. The molecule has 2 aromatic rings. The average molecular weight is 294 g/mol. The summed E-state index contributed by atoms with van der Waals surface area (Å²) >= 11 is 3.25. The Kier molecular flexibility index (Phi) is 3.48. The van der Waals surface area contributed by atoms with Gasteiger partial charge in [0.05, 0.1) is 5.69 Å². The monoisotopic (exact) mass is 293 g/mol. The molecule has 0 atom stereocenters. The maximum Gasteiger partial charge on any atom is 0.147 e. The quantitative estimate of drug-likeness (QED) is 0.778. The van der Waals surface area contributed by atoms with Gasteiger partial charge >= 0.3 is 0 Å². The third-order valence-electron chi connectivity index (χ3n) is 2.69. The van der Waals surface area contributed by atoms with Crippen molar-refractivity contribution >= 4 is 27.3 Å². The average Bonchev–Trinajstić information content (AvgIpc) is 2.29. The van der Waals surface area contributed by atoms with Crippen molar-refractivity contribution in [1.29, 1.82) is 0 Å². The van der Waals surface area contributed by atoms with Crippen molar-refractivity contribution in [2.75, 3.05) is 11.9 Å². The van der Waals surface area contributed by atoms with Crippen LogP contribution in [0.4, 0.5) is 15.8 Å². The van der Waals surface area contributed by atoms with E-state index in [0.717, 1.165) is 10.2 Å². The Morgan fingerprint density at radius 1 is 1.06 bits per heavy atom. The zero-order chi connectivity index (χ0) is 12.4. The molecule has 0 aromatic heterocycles. The van der Waals surface area contributed by atoms with E-state index in [1.165, 1.54) is 11.6 Å². The molecule has 0 saturated heterocycles. The molecule has 0 radical (unpaired) electrons. The van der Waals surface area contributed by atoms with E-state index in [-0.39, 0.29) is 5.82 Å². The van der Waals surface area contributed by atoms with Gasteiger partial charge in [0.25, 0.3) is 0 Å². The summed E-state index contributed by atoms with van der Waals surface area (Å²) in [4.78, 5) is 1.83. The SMILES string of the molecule is Cc1ccc(N(C)c2ccc(Br)cc2F)cc1. The fourth-order valence-corrected chi connectivity index (χ4v) is 1.99. The minimum Gasteiger partial charge on any atom is -0.342 e. The Balaban J connectivity index is 2.36. The highest BCUT2D eigenvalue weighted by molar-refractivity contribution is 9.10. The zero-order valence-corrected chi connectivity index (χ0v) is 11.3. The number of hydrogen-bond donors (Lipinski definition) is 0. The Hall–Kier alpha value is -1.35. The molecule has 0 amide bonds. The van der Waals surface area contributed by atoms with Gasteiger partial charge < -0.3 is 4.90 Å². The molecular formula is C14H13BrFN. The van der Waals surface area contributed by atoms with Crippen LogP contribution in [-0.4, -0.2) is 7.05 Å². The molecule has 2 aromatic carbocycles. The number of anilines is 2. The van der Waals surface area contributed by atoms with Crippen LogP contribution in [0, 0.1) is 12.7 Å². The molecule has 0 fully saturated rings. The Labute approximate surface area is 109 Å². The second-order valence-corrected chi connectivity index (χ2v) is 4.91. The van der Waals surface area contributed by atoms with Gasteiger partial charge in [-0.3, -0.25) is 0 Å². The van der Waals surface area contributed by atoms with E-state index >= 15 is 0 Å². The van der Waals surface area contributed by atoms with Crippen molar-refractivity contribution in [2.45, 2.75) is 6.92 Å². The normalized spacial score (nSPS) is 10.4. The lowest BCUT2D eigenvalue weighted by Gasteiger charge is -2.20. The summed E-state index contributed by atoms with van der Waals surface area (Å²) in [6, 6.07) is 13.1. The fourth-order valence-electron chi connectivity index (χ4n) is 1.66. The molecule has 0 bridgehead atoms. The van der Waals surface area contributed by atoms with Gasteiger partial charge in [0.1, 0.15) is 5.82 Å². The summed E-state index contributed by atoms with van der Waals surface area (Å²) in [6.45, 7) is 2.03. The molecule has 0 aliphatic rings. The summed E-state index contributed by atoms with van der Waals surface area (Å²) < 4.78 is 14.5. The van der Waals surface area contributed by atoms with Gasteiger partial charge in [0.2, 0.25) is 0 Å². The van der Waals surface area contributed by atoms with E-state index < -0.39 is 0 Å². The highest BCUT2D eigenvalue weighted by Crippen LogP contribution is 2.28. The topological polar surface area (TPSA) is 3.24 Å².